The first-order valence-corrected chi connectivity index (χ1v) is 20.4. The number of carbonyl (C=O) groups is 2. The van der Waals surface area contributed by atoms with E-state index in [0.717, 1.165) is 26.2 Å². The molecule has 0 amide bonds. The maximum absolute atomic E-state index is 10.5. The number of para-hydroxylation sites is 2. The lowest BCUT2D eigenvalue weighted by molar-refractivity contribution is -0.662. The van der Waals surface area contributed by atoms with Crippen molar-refractivity contribution >= 4 is 57.3 Å². The number of nitrogens with zero attached hydrogens (tertiary/aromatic N) is 2. The quantitative estimate of drug-likeness (QED) is 0.117. The van der Waals surface area contributed by atoms with E-state index in [4.69, 9.17) is 19.8 Å². The number of carboxylic acids is 2. The maximum atomic E-state index is 10.5. The fourth-order valence-corrected chi connectivity index (χ4v) is 6.97. The van der Waals surface area contributed by atoms with Gasteiger partial charge in [0.25, 0.3) is 0 Å². The molecule has 3 aliphatic rings. The van der Waals surface area contributed by atoms with Gasteiger partial charge >= 0.3 is 12.4 Å². The summed E-state index contributed by atoms with van der Waals surface area (Å²) in [6, 6.07) is 39.9. The standard InChI is InChI=1S/C44H46N4.2C2HF3O2/c1-2-4-6-12-30-46-42-28-32-48(44-16-10-8-14-40(42)44)34-38-25-21-36(22-26-38)18-17-35-19-23-37(24-20-35)33-47-31-27-41(45-29-11-5-3-1)39-13-7-9-15-43(39)47;2*3-2(4,5)1(6)7/h7-10,13-28,31-32H,1-6,11-12,29-30,33-34H2;2*(H,6,7)/b18-17-,45-41?,46-42?;;. The predicted octanol–water partition coefficient (Wildman–Crippen LogP) is 8.39. The molecule has 8 nitrogen and oxygen atoms in total. The molecule has 3 aliphatic heterocycles. The van der Waals surface area contributed by atoms with Gasteiger partial charge in [-0.25, -0.2) is 0 Å². The number of hydrogen-bond acceptors (Lipinski definition) is 6. The van der Waals surface area contributed by atoms with Crippen LogP contribution in [0.5, 0.6) is 0 Å². The molecule has 0 spiro atoms. The van der Waals surface area contributed by atoms with Gasteiger partial charge in [0.1, 0.15) is 11.9 Å². The third kappa shape index (κ3) is 14.3. The Morgan fingerprint density at radius 1 is 0.468 bits per heavy atom. The number of alkyl halides is 6. The molecule has 6 aromatic rings. The van der Waals surface area contributed by atoms with Crippen LogP contribution in [0.15, 0.2) is 122 Å². The van der Waals surface area contributed by atoms with Crippen LogP contribution in [0, 0.1) is 0 Å². The van der Waals surface area contributed by atoms with Gasteiger partial charge in [-0.1, -0.05) is 123 Å². The lowest BCUT2D eigenvalue weighted by Crippen LogP contribution is -2.37. The van der Waals surface area contributed by atoms with Crippen molar-refractivity contribution in [1.82, 2.24) is 0 Å². The van der Waals surface area contributed by atoms with Gasteiger partial charge in [-0.15, -0.1) is 0 Å². The Bertz CT molecular complexity index is 2250. The molecule has 0 saturated heterocycles. The van der Waals surface area contributed by atoms with E-state index in [2.05, 4.69) is 154 Å². The van der Waals surface area contributed by atoms with Crippen molar-refractivity contribution in [3.63, 3.8) is 0 Å². The fourth-order valence-electron chi connectivity index (χ4n) is 6.97. The highest BCUT2D eigenvalue weighted by Gasteiger charge is 2.29. The zero-order valence-corrected chi connectivity index (χ0v) is 34.0. The van der Waals surface area contributed by atoms with Crippen LogP contribution in [-0.4, -0.2) is 37.4 Å². The first-order chi connectivity index (χ1) is 29.7. The van der Waals surface area contributed by atoms with Crippen LogP contribution in [-0.2, 0) is 22.7 Å². The molecule has 62 heavy (non-hydrogen) atoms. The summed E-state index contributed by atoms with van der Waals surface area (Å²) in [5.41, 5.74) is 10.0. The highest BCUT2D eigenvalue weighted by Crippen LogP contribution is 2.23. The number of nitrogens with one attached hydrogen (secondary N) is 2. The number of aliphatic carboxylic acids is 2. The van der Waals surface area contributed by atoms with E-state index >= 15 is 0 Å². The van der Waals surface area contributed by atoms with E-state index in [-0.39, 0.29) is 0 Å². The van der Waals surface area contributed by atoms with Crippen LogP contribution in [0.3, 0.4) is 0 Å². The SMILES string of the molecule is C1=C\c2ccc(cc2)C[n+]2ccc(c3ccccc32)NCCCCCCCCCCNc2cc[n+](c3ccccc23)Cc2ccc/1cc2.O=C([O-])C(F)(F)F.O=C([O-])C(F)(F)F. The molecular formula is C48H48F6N4O4. The Balaban J connectivity index is 0.000000448. The van der Waals surface area contributed by atoms with Crippen molar-refractivity contribution in [2.24, 2.45) is 0 Å². The summed E-state index contributed by atoms with van der Waals surface area (Å²) in [5, 5.41) is 27.6. The minimum Gasteiger partial charge on any atom is -0.542 e. The largest absolute Gasteiger partial charge is 0.542 e. The number of hydrogen-bond donors (Lipinski definition) is 2. The molecule has 0 aliphatic carbocycles. The molecular weight excluding hydrogens is 811 g/mol. The van der Waals surface area contributed by atoms with Crippen molar-refractivity contribution in [2.75, 3.05) is 23.7 Å². The summed E-state index contributed by atoms with van der Waals surface area (Å²) in [4.78, 5) is 17.6. The molecule has 0 atom stereocenters. The molecule has 9 rings (SSSR count). The van der Waals surface area contributed by atoms with E-state index in [1.165, 1.54) is 107 Å². The van der Waals surface area contributed by atoms with Crippen molar-refractivity contribution < 1.29 is 55.3 Å². The van der Waals surface area contributed by atoms with Crippen LogP contribution < -0.4 is 30.0 Å². The summed E-state index contributed by atoms with van der Waals surface area (Å²) >= 11 is 0. The molecule has 4 aromatic carbocycles. The first kappa shape index (κ1) is 46.6. The minimum absolute atomic E-state index is 0.846. The highest BCUT2D eigenvalue weighted by molar-refractivity contribution is 5.89. The topological polar surface area (TPSA) is 112 Å². The van der Waals surface area contributed by atoms with Crippen LogP contribution in [0.1, 0.15) is 73.6 Å². The molecule has 0 unspecified atom stereocenters. The predicted molar refractivity (Wildman–Crippen MR) is 224 cm³/mol. The normalized spacial score (nSPS) is 14.8. The van der Waals surface area contributed by atoms with E-state index < -0.39 is 24.3 Å². The number of fused-ring (bicyclic) bond motifs is 4. The van der Waals surface area contributed by atoms with Crippen LogP contribution >= 0.6 is 0 Å². The molecule has 2 N–H and O–H groups in total. The summed E-state index contributed by atoms with van der Waals surface area (Å²) in [6.07, 6.45) is 8.82. The van der Waals surface area contributed by atoms with Crippen molar-refractivity contribution in [1.29, 1.82) is 0 Å². The van der Waals surface area contributed by atoms with Crippen molar-refractivity contribution in [2.45, 2.75) is 76.8 Å². The van der Waals surface area contributed by atoms with E-state index in [1.807, 2.05) is 0 Å². The highest BCUT2D eigenvalue weighted by atomic mass is 19.4. The number of aromatic nitrogens is 2. The number of benzene rings is 4. The van der Waals surface area contributed by atoms with Crippen LogP contribution in [0.2, 0.25) is 0 Å². The molecule has 0 radical (unpaired) electrons. The molecule has 2 aromatic heterocycles. The lowest BCUT2D eigenvalue weighted by atomic mass is 10.1. The fraction of sp³-hybridized carbons (Fsp3) is 0.292. The average molecular weight is 859 g/mol. The Labute approximate surface area is 356 Å². The Morgan fingerprint density at radius 3 is 1.13 bits per heavy atom. The lowest BCUT2D eigenvalue weighted by Gasteiger charge is -2.11. The van der Waals surface area contributed by atoms with Gasteiger partial charge in [-0.3, -0.25) is 0 Å². The third-order valence-corrected chi connectivity index (χ3v) is 10.2. The van der Waals surface area contributed by atoms with Gasteiger partial charge in [0, 0.05) is 48.5 Å². The first-order valence-electron chi connectivity index (χ1n) is 20.4. The maximum Gasteiger partial charge on any atom is 0.430 e. The number of halogens is 6. The van der Waals surface area contributed by atoms with Gasteiger partial charge < -0.3 is 30.4 Å². The Kier molecular flexibility index (Phi) is 16.9. The molecule has 5 heterocycles. The minimum atomic E-state index is -5.19. The number of carbonyl (C=O) groups excluding carboxylic acids is 2. The van der Waals surface area contributed by atoms with Gasteiger partial charge in [-0.05, 0) is 36.1 Å². The summed E-state index contributed by atoms with van der Waals surface area (Å²) in [6.45, 7) is 3.73. The summed E-state index contributed by atoms with van der Waals surface area (Å²) < 4.78 is 67.8. The zero-order valence-electron chi connectivity index (χ0n) is 34.0. The third-order valence-electron chi connectivity index (χ3n) is 10.2. The van der Waals surface area contributed by atoms with Gasteiger partial charge in [-0.2, -0.15) is 35.5 Å². The van der Waals surface area contributed by atoms with Crippen LogP contribution in [0.25, 0.3) is 34.0 Å². The summed E-state index contributed by atoms with van der Waals surface area (Å²) in [7, 11) is 0. The smallest absolute Gasteiger partial charge is 0.430 e. The second-order valence-corrected chi connectivity index (χ2v) is 14.8. The Morgan fingerprint density at radius 2 is 0.790 bits per heavy atom. The molecule has 326 valence electrons. The molecule has 0 saturated carbocycles. The number of carboxylic acid groups (broad SMARTS) is 2. The van der Waals surface area contributed by atoms with E-state index in [0.29, 0.717) is 0 Å². The van der Waals surface area contributed by atoms with Gasteiger partial charge in [0.15, 0.2) is 25.5 Å². The van der Waals surface area contributed by atoms with Crippen molar-refractivity contribution in [3.8, 4) is 0 Å². The average Bonchev–Trinajstić information content (AvgIpc) is 3.25. The van der Waals surface area contributed by atoms with E-state index in [1.54, 1.807) is 0 Å². The van der Waals surface area contributed by atoms with Crippen molar-refractivity contribution in [3.05, 3.63) is 144 Å². The van der Waals surface area contributed by atoms with Gasteiger partial charge in [0.05, 0.1) is 22.1 Å². The molecule has 14 heteroatoms. The number of anilines is 2. The second kappa shape index (κ2) is 22.4. The zero-order chi connectivity index (χ0) is 44.5. The molecule has 0 fully saturated rings. The number of pyridine rings is 2. The van der Waals surface area contributed by atoms with E-state index in [9.17, 15) is 26.3 Å². The Hall–Kier alpha value is -6.44. The monoisotopic (exact) mass is 858 g/mol. The summed E-state index contributed by atoms with van der Waals surface area (Å²) in [5.74, 6) is -6.01. The van der Waals surface area contributed by atoms with Crippen LogP contribution in [0.4, 0.5) is 37.7 Å². The molecule has 8 bridgehead atoms. The second-order valence-electron chi connectivity index (χ2n) is 14.8. The number of rotatable bonds is 0. The van der Waals surface area contributed by atoms with Gasteiger partial charge in [0.2, 0.25) is 11.0 Å².